The van der Waals surface area contributed by atoms with Crippen molar-refractivity contribution in [2.45, 2.75) is 134 Å². The molecule has 2 aliphatic rings. The summed E-state index contributed by atoms with van der Waals surface area (Å²) < 4.78 is 16.7. The molecule has 0 radical (unpaired) electrons. The fourth-order valence-corrected chi connectivity index (χ4v) is 5.30. The number of hydrogen-bond donors (Lipinski definition) is 8. The highest BCUT2D eigenvalue weighted by atomic mass is 16.6. The molecule has 0 aliphatic carbocycles. The van der Waals surface area contributed by atoms with E-state index in [-0.39, 0.29) is 30.5 Å². The van der Waals surface area contributed by atoms with E-state index in [1.807, 2.05) is 6.92 Å². The van der Waals surface area contributed by atoms with Crippen LogP contribution in [0.2, 0.25) is 0 Å². The number of aliphatic hydroxyl groups excluding tert-OH is 3. The number of carbonyl (C=O) groups is 5. The molecule has 0 amide bonds. The number of esters is 1. The van der Waals surface area contributed by atoms with Crippen LogP contribution >= 0.6 is 0 Å². The number of aliphatic carboxylic acids is 4. The second-order valence-corrected chi connectivity index (χ2v) is 12.7. The predicted molar refractivity (Wildman–Crippen MR) is 166 cm³/mol. The van der Waals surface area contributed by atoms with E-state index in [0.29, 0.717) is 38.0 Å². The van der Waals surface area contributed by atoms with E-state index < -0.39 is 72.7 Å². The summed E-state index contributed by atoms with van der Waals surface area (Å²) in [5.74, 6) is -6.44. The first kappa shape index (κ1) is 42.9. The van der Waals surface area contributed by atoms with Crippen molar-refractivity contribution in [3.05, 3.63) is 11.6 Å². The Morgan fingerprint density at radius 3 is 1.94 bits per heavy atom. The molecular weight excluding hydrogens is 640 g/mol. The third kappa shape index (κ3) is 16.3. The lowest BCUT2D eigenvalue weighted by Gasteiger charge is -2.38. The summed E-state index contributed by atoms with van der Waals surface area (Å²) >= 11 is 0. The van der Waals surface area contributed by atoms with Crippen LogP contribution in [0.1, 0.15) is 91.4 Å². The number of unbranched alkanes of at least 4 members (excludes halogenated alkanes) is 5. The first-order valence-electron chi connectivity index (χ1n) is 16.1. The van der Waals surface area contributed by atoms with E-state index in [4.69, 9.17) is 39.7 Å². The van der Waals surface area contributed by atoms with Gasteiger partial charge in [0.15, 0.2) is 5.60 Å². The van der Waals surface area contributed by atoms with Gasteiger partial charge in [0.05, 0.1) is 56.6 Å². The molecule has 8 N–H and O–H groups in total. The summed E-state index contributed by atoms with van der Waals surface area (Å²) in [4.78, 5) is 53.0. The lowest BCUT2D eigenvalue weighted by atomic mass is 9.85. The molecule has 0 saturated carbocycles. The lowest BCUT2D eigenvalue weighted by Crippen LogP contribution is -2.50. The number of hydrogen-bond acceptors (Lipinski definition) is 12. The zero-order valence-corrected chi connectivity index (χ0v) is 27.7. The molecule has 2 saturated heterocycles. The summed E-state index contributed by atoms with van der Waals surface area (Å²) in [6, 6.07) is 0. The van der Waals surface area contributed by atoms with Gasteiger partial charge in [-0.2, -0.15) is 0 Å². The Labute approximate surface area is 279 Å². The Morgan fingerprint density at radius 1 is 0.854 bits per heavy atom. The summed E-state index contributed by atoms with van der Waals surface area (Å²) in [6.45, 7) is 6.07. The zero-order valence-electron chi connectivity index (χ0n) is 27.7. The Hall–Kier alpha value is -3.15. The van der Waals surface area contributed by atoms with Crippen LogP contribution in [0.3, 0.4) is 0 Å². The van der Waals surface area contributed by atoms with Crippen LogP contribution in [0.4, 0.5) is 0 Å². The molecule has 2 fully saturated rings. The highest BCUT2D eigenvalue weighted by molar-refractivity contribution is 5.88. The summed E-state index contributed by atoms with van der Waals surface area (Å²) in [5, 5.41) is 73.3. The van der Waals surface area contributed by atoms with Gasteiger partial charge in [-0.15, -0.1) is 0 Å². The van der Waals surface area contributed by atoms with Gasteiger partial charge in [0, 0.05) is 24.3 Å². The largest absolute Gasteiger partial charge is 0.481 e. The fraction of sp³-hybridized carbons (Fsp3) is 0.781. The molecule has 0 aromatic heterocycles. The topological polar surface area (TPSA) is 278 Å². The van der Waals surface area contributed by atoms with Crippen molar-refractivity contribution in [2.24, 2.45) is 11.8 Å². The normalized spacial score (nSPS) is 25.2. The lowest BCUT2D eigenvalue weighted by molar-refractivity contribution is -0.170. The SMILES string of the molecule is C/C(=C\C(=O)OCCCCCCCCC(=O)O)C[C@@H]1OC[C@H](C[C@@H]2O[C@H]2[C@@H](C)[C@H](C)O)[C@@H](O)[C@H]1O.O=C(O)CC(O)(CC(=O)O)C(=O)O. The number of ether oxygens (including phenoxy) is 3. The van der Waals surface area contributed by atoms with Crippen LogP contribution in [0.15, 0.2) is 11.6 Å². The van der Waals surface area contributed by atoms with E-state index in [1.165, 1.54) is 6.08 Å². The predicted octanol–water partition coefficient (Wildman–Crippen LogP) is 1.34. The van der Waals surface area contributed by atoms with Crippen molar-refractivity contribution < 1.29 is 79.0 Å². The quantitative estimate of drug-likeness (QED) is 0.0365. The van der Waals surface area contributed by atoms with Gasteiger partial charge in [0.1, 0.15) is 6.10 Å². The van der Waals surface area contributed by atoms with Crippen LogP contribution in [0.5, 0.6) is 0 Å². The average molecular weight is 693 g/mol. The number of carbonyl (C=O) groups excluding carboxylic acids is 1. The Balaban J connectivity index is 0.000000747. The van der Waals surface area contributed by atoms with Crippen LogP contribution < -0.4 is 0 Å². The molecule has 8 atom stereocenters. The van der Waals surface area contributed by atoms with Crippen molar-refractivity contribution in [3.63, 3.8) is 0 Å². The average Bonchev–Trinajstić information content (AvgIpc) is 3.73. The molecule has 48 heavy (non-hydrogen) atoms. The second kappa shape index (κ2) is 21.0. The van der Waals surface area contributed by atoms with Gasteiger partial charge in [-0.3, -0.25) is 14.4 Å². The molecule has 0 aromatic carbocycles. The Morgan fingerprint density at radius 2 is 1.42 bits per heavy atom. The highest BCUT2D eigenvalue weighted by Crippen LogP contribution is 2.38. The number of carboxylic acid groups (broad SMARTS) is 4. The minimum absolute atomic E-state index is 0.0160. The van der Waals surface area contributed by atoms with Gasteiger partial charge in [-0.05, 0) is 39.5 Å². The summed E-state index contributed by atoms with van der Waals surface area (Å²) in [6.07, 6.45) is 2.33. The molecule has 16 heteroatoms. The maximum Gasteiger partial charge on any atom is 0.336 e. The van der Waals surface area contributed by atoms with Crippen LogP contribution in [0.25, 0.3) is 0 Å². The van der Waals surface area contributed by atoms with Crippen molar-refractivity contribution in [2.75, 3.05) is 13.2 Å². The number of epoxide rings is 1. The minimum Gasteiger partial charge on any atom is -0.481 e. The standard InChI is InChI=1S/C26H44O9.C6H8O7/c1-16(13-23(30)33-11-9-7-5-4-6-8-10-22(28)29)12-20-25(32)24(31)19(15-34-20)14-21-26(35-21)17(2)18(3)27;7-3(8)1-6(13,5(11)12)2-4(9)10/h13,17-21,24-27,31-32H,4-12,14-15H2,1-3H3,(H,28,29);13H,1-2H2,(H,7,8)(H,9,10)(H,11,12)/b16-13+;/t17-,18-,19-,20-,21-,24+,25-,26-;/m0./s1. The van der Waals surface area contributed by atoms with Gasteiger partial charge in [-0.1, -0.05) is 38.2 Å². The van der Waals surface area contributed by atoms with Gasteiger partial charge in [-0.25, -0.2) is 9.59 Å². The Bertz CT molecular complexity index is 1070. The van der Waals surface area contributed by atoms with E-state index in [9.17, 15) is 39.3 Å². The Kier molecular flexibility index (Phi) is 18.8. The summed E-state index contributed by atoms with van der Waals surface area (Å²) in [5.41, 5.74) is -2.03. The van der Waals surface area contributed by atoms with Crippen molar-refractivity contribution in [1.82, 2.24) is 0 Å². The maximum absolute atomic E-state index is 12.1. The highest BCUT2D eigenvalue weighted by Gasteiger charge is 2.48. The molecule has 0 spiro atoms. The summed E-state index contributed by atoms with van der Waals surface area (Å²) in [7, 11) is 0. The molecule has 16 nitrogen and oxygen atoms in total. The monoisotopic (exact) mass is 692 g/mol. The van der Waals surface area contributed by atoms with E-state index in [1.54, 1.807) is 13.8 Å². The molecular formula is C32H52O16. The number of aliphatic hydroxyl groups is 4. The van der Waals surface area contributed by atoms with Gasteiger partial charge in [0.2, 0.25) is 0 Å². The first-order valence-corrected chi connectivity index (χ1v) is 16.1. The van der Waals surface area contributed by atoms with E-state index >= 15 is 0 Å². The molecule has 0 unspecified atom stereocenters. The second-order valence-electron chi connectivity index (χ2n) is 12.7. The zero-order chi connectivity index (χ0) is 36.6. The first-order chi connectivity index (χ1) is 22.4. The van der Waals surface area contributed by atoms with Gasteiger partial charge >= 0.3 is 29.8 Å². The van der Waals surface area contributed by atoms with Crippen molar-refractivity contribution >= 4 is 29.8 Å². The van der Waals surface area contributed by atoms with Crippen molar-refractivity contribution in [3.8, 4) is 0 Å². The molecule has 2 rings (SSSR count). The number of rotatable bonds is 21. The minimum atomic E-state index is -2.74. The number of carboxylic acids is 4. The smallest absolute Gasteiger partial charge is 0.336 e. The van der Waals surface area contributed by atoms with Crippen LogP contribution in [-0.4, -0.2) is 126 Å². The molecule has 276 valence electrons. The third-order valence-corrected chi connectivity index (χ3v) is 8.38. The fourth-order valence-electron chi connectivity index (χ4n) is 5.30. The maximum atomic E-state index is 12.1. The van der Waals surface area contributed by atoms with Crippen LogP contribution in [-0.2, 0) is 38.2 Å². The molecule has 0 bridgehead atoms. The molecule has 2 aliphatic heterocycles. The third-order valence-electron chi connectivity index (χ3n) is 8.38. The molecule has 0 aromatic rings. The van der Waals surface area contributed by atoms with E-state index in [0.717, 1.165) is 32.1 Å². The molecule has 2 heterocycles. The van der Waals surface area contributed by atoms with Gasteiger partial charge < -0.3 is 55.1 Å². The van der Waals surface area contributed by atoms with E-state index in [2.05, 4.69) is 0 Å². The van der Waals surface area contributed by atoms with Crippen LogP contribution in [0, 0.1) is 11.8 Å². The van der Waals surface area contributed by atoms with Crippen molar-refractivity contribution in [1.29, 1.82) is 0 Å². The van der Waals surface area contributed by atoms with Gasteiger partial charge in [0.25, 0.3) is 0 Å².